The van der Waals surface area contributed by atoms with E-state index in [0.717, 1.165) is 5.69 Å². The molecule has 5 nitrogen and oxygen atoms in total. The number of benzene rings is 2. The quantitative estimate of drug-likeness (QED) is 0.812. The molecule has 0 spiro atoms. The van der Waals surface area contributed by atoms with Gasteiger partial charge in [-0.2, -0.15) is 8.42 Å². The lowest BCUT2D eigenvalue weighted by Gasteiger charge is -2.16. The van der Waals surface area contributed by atoms with Gasteiger partial charge in [-0.05, 0) is 12.1 Å². The molecule has 0 aliphatic heterocycles. The highest BCUT2D eigenvalue weighted by molar-refractivity contribution is 7.86. The maximum Gasteiger partial charge on any atom is 0.298 e. The van der Waals surface area contributed by atoms with Crippen molar-refractivity contribution >= 4 is 26.6 Å². The molecule has 2 aromatic carbocycles. The first-order chi connectivity index (χ1) is 8.32. The summed E-state index contributed by atoms with van der Waals surface area (Å²) < 4.78 is 31.2. The van der Waals surface area contributed by atoms with Gasteiger partial charge in [0.15, 0.2) is 0 Å². The van der Waals surface area contributed by atoms with E-state index in [9.17, 15) is 13.5 Å². The maximum atomic E-state index is 11.1. The van der Waals surface area contributed by atoms with Gasteiger partial charge in [0.2, 0.25) is 0 Å². The summed E-state index contributed by atoms with van der Waals surface area (Å²) >= 11 is 0. The molecule has 0 aliphatic rings. The van der Waals surface area contributed by atoms with Crippen molar-refractivity contribution in [3.05, 3.63) is 30.3 Å². The number of hydrogen-bond acceptors (Lipinski definition) is 4. The monoisotopic (exact) mass is 267 g/mol. The van der Waals surface area contributed by atoms with Gasteiger partial charge in [-0.15, -0.1) is 0 Å². The van der Waals surface area contributed by atoms with E-state index in [1.807, 2.05) is 25.1 Å². The third-order valence-electron chi connectivity index (χ3n) is 2.73. The number of nitrogens with zero attached hydrogens (tertiary/aromatic N) is 1. The minimum Gasteiger partial charge on any atom is -0.506 e. The molecule has 2 rings (SSSR count). The van der Waals surface area contributed by atoms with E-state index in [4.69, 9.17) is 4.55 Å². The number of rotatable bonds is 2. The van der Waals surface area contributed by atoms with Crippen LogP contribution in [0.2, 0.25) is 0 Å². The molecular formula is C12H13NO4S. The van der Waals surface area contributed by atoms with Gasteiger partial charge in [-0.25, -0.2) is 0 Å². The maximum absolute atomic E-state index is 11.1. The highest BCUT2D eigenvalue weighted by Gasteiger charge is 2.18. The Morgan fingerprint density at radius 1 is 1.06 bits per heavy atom. The van der Waals surface area contributed by atoms with Crippen LogP contribution < -0.4 is 4.90 Å². The lowest BCUT2D eigenvalue weighted by Crippen LogP contribution is -2.09. The van der Waals surface area contributed by atoms with Crippen molar-refractivity contribution in [3.63, 3.8) is 0 Å². The summed E-state index contributed by atoms with van der Waals surface area (Å²) in [5.41, 5.74) is 0.852. The first-order valence-corrected chi connectivity index (χ1v) is 6.66. The van der Waals surface area contributed by atoms with E-state index >= 15 is 0 Å². The van der Waals surface area contributed by atoms with Crippen molar-refractivity contribution in [2.75, 3.05) is 19.0 Å². The zero-order valence-corrected chi connectivity index (χ0v) is 10.8. The van der Waals surface area contributed by atoms with Crippen molar-refractivity contribution in [2.24, 2.45) is 0 Å². The van der Waals surface area contributed by atoms with E-state index in [1.165, 1.54) is 6.07 Å². The Hall–Kier alpha value is -1.79. The molecule has 0 heterocycles. The summed E-state index contributed by atoms with van der Waals surface area (Å²) in [4.78, 5) is 1.38. The van der Waals surface area contributed by atoms with Crippen LogP contribution in [0, 0.1) is 0 Å². The zero-order chi connectivity index (χ0) is 13.5. The molecule has 0 amide bonds. The Kier molecular flexibility index (Phi) is 2.92. The summed E-state index contributed by atoms with van der Waals surface area (Å²) in [6.07, 6.45) is 0. The Balaban J connectivity index is 2.86. The van der Waals surface area contributed by atoms with Crippen LogP contribution in [0.3, 0.4) is 0 Å². The van der Waals surface area contributed by atoms with Gasteiger partial charge in [0, 0.05) is 30.6 Å². The molecule has 18 heavy (non-hydrogen) atoms. The second-order valence-corrected chi connectivity index (χ2v) is 5.54. The van der Waals surface area contributed by atoms with Gasteiger partial charge in [0.25, 0.3) is 10.1 Å². The molecule has 2 N–H and O–H groups in total. The molecule has 0 atom stereocenters. The predicted octanol–water partition coefficient (Wildman–Crippen LogP) is 1.86. The Morgan fingerprint density at radius 2 is 1.72 bits per heavy atom. The van der Waals surface area contributed by atoms with Gasteiger partial charge >= 0.3 is 0 Å². The molecule has 0 unspecified atom stereocenters. The number of aromatic hydroxyl groups is 1. The zero-order valence-electron chi connectivity index (χ0n) is 9.95. The van der Waals surface area contributed by atoms with Crippen molar-refractivity contribution in [1.29, 1.82) is 0 Å². The largest absolute Gasteiger partial charge is 0.506 e. The fourth-order valence-electron chi connectivity index (χ4n) is 1.90. The van der Waals surface area contributed by atoms with Crippen LogP contribution >= 0.6 is 0 Å². The first-order valence-electron chi connectivity index (χ1n) is 5.22. The Bertz CT molecular complexity index is 707. The lowest BCUT2D eigenvalue weighted by atomic mass is 10.1. The molecule has 6 heteroatoms. The molecular weight excluding hydrogens is 254 g/mol. The highest BCUT2D eigenvalue weighted by Crippen LogP contribution is 2.35. The second kappa shape index (κ2) is 4.15. The van der Waals surface area contributed by atoms with E-state index in [1.54, 1.807) is 18.2 Å². The van der Waals surface area contributed by atoms with E-state index in [-0.39, 0.29) is 0 Å². The smallest absolute Gasteiger partial charge is 0.298 e. The van der Waals surface area contributed by atoms with Gasteiger partial charge in [0.05, 0.1) is 0 Å². The molecule has 0 bridgehead atoms. The van der Waals surface area contributed by atoms with Crippen molar-refractivity contribution in [3.8, 4) is 5.75 Å². The normalized spacial score (nSPS) is 11.7. The standard InChI is InChI=1S/C12H13NO4S/c1-13(2)10-5-3-4-9-8(10)6-7-11(12(9)14)18(15,16)17/h3-7,14H,1-2H3,(H,15,16,17). The number of phenolic OH excluding ortho intramolecular Hbond substituents is 1. The third-order valence-corrected chi connectivity index (χ3v) is 3.62. The summed E-state index contributed by atoms with van der Waals surface area (Å²) in [6.45, 7) is 0. The molecule has 96 valence electrons. The molecule has 2 aromatic rings. The lowest BCUT2D eigenvalue weighted by molar-refractivity contribution is 0.448. The van der Waals surface area contributed by atoms with E-state index in [2.05, 4.69) is 0 Å². The highest BCUT2D eigenvalue weighted by atomic mass is 32.2. The number of phenols is 1. The molecule has 0 saturated heterocycles. The fraction of sp³-hybridized carbons (Fsp3) is 0.167. The second-order valence-electron chi connectivity index (χ2n) is 4.15. The molecule has 0 saturated carbocycles. The average Bonchev–Trinajstić information content (AvgIpc) is 2.27. The molecule has 0 radical (unpaired) electrons. The summed E-state index contributed by atoms with van der Waals surface area (Å²) in [5, 5.41) is 11.0. The summed E-state index contributed by atoms with van der Waals surface area (Å²) in [6, 6.07) is 7.93. The summed E-state index contributed by atoms with van der Waals surface area (Å²) in [5.74, 6) is -0.432. The van der Waals surface area contributed by atoms with Gasteiger partial charge in [-0.3, -0.25) is 4.55 Å². The van der Waals surface area contributed by atoms with E-state index in [0.29, 0.717) is 10.8 Å². The van der Waals surface area contributed by atoms with Crippen molar-refractivity contribution in [1.82, 2.24) is 0 Å². The molecule has 0 aromatic heterocycles. The first kappa shape index (κ1) is 12.7. The average molecular weight is 267 g/mol. The SMILES string of the molecule is CN(C)c1cccc2c(O)c(S(=O)(=O)O)ccc12. The number of fused-ring (bicyclic) bond motifs is 1. The van der Waals surface area contributed by atoms with Crippen LogP contribution in [0.1, 0.15) is 0 Å². The fourth-order valence-corrected chi connectivity index (χ4v) is 2.50. The van der Waals surface area contributed by atoms with Gasteiger partial charge in [0.1, 0.15) is 10.6 Å². The minimum absolute atomic E-state index is 0.385. The Labute approximate surface area is 105 Å². The van der Waals surface area contributed by atoms with Gasteiger partial charge < -0.3 is 10.0 Å². The predicted molar refractivity (Wildman–Crippen MR) is 69.8 cm³/mol. The minimum atomic E-state index is -4.42. The van der Waals surface area contributed by atoms with Crippen LogP contribution in [-0.4, -0.2) is 32.2 Å². The number of anilines is 1. The molecule has 0 fully saturated rings. The van der Waals surface area contributed by atoms with Crippen molar-refractivity contribution in [2.45, 2.75) is 4.90 Å². The Morgan fingerprint density at radius 3 is 2.28 bits per heavy atom. The van der Waals surface area contributed by atoms with Crippen LogP contribution in [0.25, 0.3) is 10.8 Å². The topological polar surface area (TPSA) is 77.8 Å². The number of hydrogen-bond donors (Lipinski definition) is 2. The summed E-state index contributed by atoms with van der Waals surface area (Å²) in [7, 11) is -0.722. The van der Waals surface area contributed by atoms with Gasteiger partial charge in [-0.1, -0.05) is 18.2 Å². The van der Waals surface area contributed by atoms with Crippen LogP contribution in [0.4, 0.5) is 5.69 Å². The van der Waals surface area contributed by atoms with Crippen molar-refractivity contribution < 1.29 is 18.1 Å². The molecule has 0 aliphatic carbocycles. The third kappa shape index (κ3) is 2.00. The van der Waals surface area contributed by atoms with Crippen LogP contribution in [0.15, 0.2) is 35.2 Å². The van der Waals surface area contributed by atoms with Crippen LogP contribution in [-0.2, 0) is 10.1 Å². The van der Waals surface area contributed by atoms with Crippen LogP contribution in [0.5, 0.6) is 5.75 Å². The van der Waals surface area contributed by atoms with E-state index < -0.39 is 20.8 Å².